The van der Waals surface area contributed by atoms with Gasteiger partial charge >= 0.3 is 0 Å². The first-order chi connectivity index (χ1) is 25.3. The van der Waals surface area contributed by atoms with E-state index in [9.17, 15) is 14.4 Å². The van der Waals surface area contributed by atoms with E-state index in [0.717, 1.165) is 75.7 Å². The van der Waals surface area contributed by atoms with Crippen molar-refractivity contribution in [2.24, 2.45) is 11.8 Å². The van der Waals surface area contributed by atoms with Crippen molar-refractivity contribution in [2.75, 3.05) is 48.1 Å². The van der Waals surface area contributed by atoms with E-state index in [-0.39, 0.29) is 53.8 Å². The van der Waals surface area contributed by atoms with E-state index in [1.165, 1.54) is 51.9 Å². The Morgan fingerprint density at radius 2 is 1.30 bits per heavy atom. The highest BCUT2D eigenvalue weighted by atomic mass is 35.5. The summed E-state index contributed by atoms with van der Waals surface area (Å²) < 4.78 is 20.9. The first-order valence-corrected chi connectivity index (χ1v) is 19.0. The Labute approximate surface area is 322 Å². The molecule has 0 radical (unpaired) electrons. The monoisotopic (exact) mass is 753 g/mol. The average molecular weight is 754 g/mol. The van der Waals surface area contributed by atoms with Gasteiger partial charge in [-0.3, -0.25) is 19.3 Å². The van der Waals surface area contributed by atoms with Crippen LogP contribution in [0.1, 0.15) is 105 Å². The van der Waals surface area contributed by atoms with E-state index in [1.807, 2.05) is 12.1 Å². The van der Waals surface area contributed by atoms with Gasteiger partial charge in [0.25, 0.3) is 0 Å². The van der Waals surface area contributed by atoms with Gasteiger partial charge in [-0.2, -0.15) is 0 Å². The number of hydrogen-bond acceptors (Lipinski definition) is 9. The Balaban J connectivity index is 0.000000284. The molecule has 0 saturated carbocycles. The number of methoxy groups -OCH3 is 4. The van der Waals surface area contributed by atoms with Gasteiger partial charge in [-0.25, -0.2) is 0 Å². The summed E-state index contributed by atoms with van der Waals surface area (Å²) in [6.07, 6.45) is 13.4. The van der Waals surface area contributed by atoms with Crippen molar-refractivity contribution in [3.05, 3.63) is 81.8 Å². The highest BCUT2D eigenvalue weighted by molar-refractivity contribution is 6.23. The second-order valence-electron chi connectivity index (χ2n) is 14.2. The first kappa shape index (κ1) is 43.7. The highest BCUT2D eigenvalue weighted by Gasteiger charge is 2.35. The molecule has 0 amide bonds. The number of hydrogen-bond donors (Lipinski definition) is 1. The molecule has 1 heterocycles. The minimum absolute atomic E-state index is 0. The van der Waals surface area contributed by atoms with Crippen molar-refractivity contribution < 1.29 is 38.4 Å². The van der Waals surface area contributed by atoms with Crippen molar-refractivity contribution in [1.29, 1.82) is 0 Å². The molecular formula is C43H60ClNO8. The number of allylic oxidation sites excluding steroid dienone is 2. The van der Waals surface area contributed by atoms with Gasteiger partial charge in [-0.05, 0) is 94.1 Å². The van der Waals surface area contributed by atoms with Crippen LogP contribution < -0.4 is 9.47 Å². The Morgan fingerprint density at radius 3 is 1.89 bits per heavy atom. The van der Waals surface area contributed by atoms with Gasteiger partial charge in [0, 0.05) is 35.8 Å². The number of likely N-dealkylation sites (tertiary alicyclic amines) is 1. The Bertz CT molecular complexity index is 1560. The number of piperidine rings is 1. The van der Waals surface area contributed by atoms with Crippen molar-refractivity contribution in [3.8, 4) is 11.5 Å². The number of Topliss-reactive ketones (excluding diaryl/α,β-unsaturated/α-hetero) is 3. The second-order valence-corrected chi connectivity index (χ2v) is 14.2. The molecule has 1 saturated heterocycles. The quantitative estimate of drug-likeness (QED) is 0.119. The third-order valence-corrected chi connectivity index (χ3v) is 10.7. The molecule has 2 aromatic carbocycles. The summed E-state index contributed by atoms with van der Waals surface area (Å²) in [4.78, 5) is 40.2. The van der Waals surface area contributed by atoms with Crippen LogP contribution in [0.5, 0.6) is 11.5 Å². The van der Waals surface area contributed by atoms with Gasteiger partial charge in [-0.1, -0.05) is 68.9 Å². The predicted molar refractivity (Wildman–Crippen MR) is 210 cm³/mol. The smallest absolute Gasteiger partial charge is 0.228 e. The van der Waals surface area contributed by atoms with Crippen LogP contribution in [0.4, 0.5) is 0 Å². The summed E-state index contributed by atoms with van der Waals surface area (Å²) in [5.41, 5.74) is 4.34. The fourth-order valence-corrected chi connectivity index (χ4v) is 7.68. The average Bonchev–Trinajstić information content (AvgIpc) is 3.47. The van der Waals surface area contributed by atoms with Gasteiger partial charge in [0.15, 0.2) is 17.3 Å². The van der Waals surface area contributed by atoms with Gasteiger partial charge in [0.2, 0.25) is 23.1 Å². The molecule has 1 unspecified atom stereocenters. The molecule has 5 rings (SSSR count). The van der Waals surface area contributed by atoms with Crippen LogP contribution in [0.25, 0.3) is 0 Å². The molecule has 292 valence electrons. The van der Waals surface area contributed by atoms with Crippen LogP contribution in [0, 0.1) is 11.8 Å². The first-order valence-electron chi connectivity index (χ1n) is 19.0. The van der Waals surface area contributed by atoms with E-state index in [0.29, 0.717) is 35.0 Å². The number of benzene rings is 2. The molecule has 0 bridgehead atoms. The normalized spacial score (nSPS) is 17.6. The molecule has 0 spiro atoms. The fraction of sp³-hybridized carbons (Fsp3) is 0.558. The van der Waals surface area contributed by atoms with Crippen LogP contribution in [0.2, 0.25) is 0 Å². The molecular weight excluding hydrogens is 694 g/mol. The van der Waals surface area contributed by atoms with E-state index < -0.39 is 0 Å². The van der Waals surface area contributed by atoms with Crippen molar-refractivity contribution >= 4 is 29.8 Å². The summed E-state index contributed by atoms with van der Waals surface area (Å²) in [6, 6.07) is 14.5. The maximum Gasteiger partial charge on any atom is 0.228 e. The second kappa shape index (κ2) is 22.5. The molecule has 53 heavy (non-hydrogen) atoms. The maximum absolute atomic E-state index is 12.9. The fourth-order valence-electron chi connectivity index (χ4n) is 7.68. The number of carbonyl (C=O) groups excluding carboxylic acids is 3. The number of carbonyl (C=O) groups is 3. The van der Waals surface area contributed by atoms with Gasteiger partial charge in [0.05, 0.1) is 28.4 Å². The number of ether oxygens (including phenoxy) is 4. The van der Waals surface area contributed by atoms with Crippen molar-refractivity contribution in [2.45, 2.75) is 96.9 Å². The summed E-state index contributed by atoms with van der Waals surface area (Å²) in [5.74, 6) is 1.93. The molecule has 10 heteroatoms. The summed E-state index contributed by atoms with van der Waals surface area (Å²) >= 11 is 0. The lowest BCUT2D eigenvalue weighted by Crippen LogP contribution is -2.34. The van der Waals surface area contributed by atoms with Gasteiger partial charge in [-0.15, -0.1) is 12.4 Å². The Hall–Kier alpha value is -3.66. The number of ketones is 3. The lowest BCUT2D eigenvalue weighted by Gasteiger charge is -2.32. The summed E-state index contributed by atoms with van der Waals surface area (Å²) in [7, 11) is 6.01. The van der Waals surface area contributed by atoms with Crippen LogP contribution in [0.15, 0.2) is 65.1 Å². The SMILES string of the molecule is COC1=C(OC)C(=O)C(CCCCCCCCCCO)=C(C)C1=O.COc1cc2c(cc1OC)C(=O)C(CC1CCN(Cc3ccccc3)CC1)C2.Cl. The number of aliphatic hydroxyl groups excluding tert-OH is 1. The van der Waals surface area contributed by atoms with E-state index in [2.05, 4.69) is 35.2 Å². The van der Waals surface area contributed by atoms with Crippen LogP contribution >= 0.6 is 12.4 Å². The topological polar surface area (TPSA) is 112 Å². The van der Waals surface area contributed by atoms with Crippen molar-refractivity contribution in [3.63, 3.8) is 0 Å². The molecule has 1 fully saturated rings. The summed E-state index contributed by atoms with van der Waals surface area (Å²) in [6.45, 7) is 5.23. The molecule has 1 aliphatic heterocycles. The molecule has 1 N–H and O–H groups in total. The predicted octanol–water partition coefficient (Wildman–Crippen LogP) is 8.25. The minimum Gasteiger partial charge on any atom is -0.493 e. The Morgan fingerprint density at radius 1 is 0.736 bits per heavy atom. The van der Waals surface area contributed by atoms with Gasteiger partial charge in [0.1, 0.15) is 0 Å². The lowest BCUT2D eigenvalue weighted by atomic mass is 9.85. The summed E-state index contributed by atoms with van der Waals surface area (Å²) in [5, 5.41) is 8.72. The van der Waals surface area contributed by atoms with E-state index in [1.54, 1.807) is 21.1 Å². The van der Waals surface area contributed by atoms with Crippen LogP contribution in [0.3, 0.4) is 0 Å². The lowest BCUT2D eigenvalue weighted by molar-refractivity contribution is -0.121. The molecule has 1 atom stereocenters. The third-order valence-electron chi connectivity index (χ3n) is 10.7. The number of unbranched alkanes of at least 4 members (excludes halogenated alkanes) is 7. The van der Waals surface area contributed by atoms with Crippen molar-refractivity contribution in [1.82, 2.24) is 4.90 Å². The molecule has 2 aliphatic carbocycles. The van der Waals surface area contributed by atoms with Crippen LogP contribution in [-0.2, 0) is 32.0 Å². The number of rotatable bonds is 18. The van der Waals surface area contributed by atoms with E-state index in [4.69, 9.17) is 24.1 Å². The molecule has 9 nitrogen and oxygen atoms in total. The number of fused-ring (bicyclic) bond motifs is 1. The number of aliphatic hydroxyl groups is 1. The zero-order chi connectivity index (χ0) is 37.5. The maximum atomic E-state index is 12.9. The standard InChI is InChI=1S/C24H29NO3.C19H30O5.ClH/c1-27-22-14-19-13-20(24(26)21(19)15-23(22)28-2)12-17-8-10-25(11-9-17)16-18-6-4-3-5-7-18;1-14-15(12-10-8-6-4-5-7-9-11-13-20)17(22)19(24-3)18(23-2)16(14)21;/h3-7,14-15,17,20H,8-13,16H2,1-2H3;20H,4-13H2,1-3H3;1H. The van der Waals surface area contributed by atoms with E-state index >= 15 is 0 Å². The number of halogens is 1. The third kappa shape index (κ3) is 11.9. The zero-order valence-electron chi connectivity index (χ0n) is 32.4. The molecule has 0 aromatic heterocycles. The van der Waals surface area contributed by atoms with Gasteiger partial charge < -0.3 is 24.1 Å². The molecule has 3 aliphatic rings. The Kier molecular flexibility index (Phi) is 18.6. The van der Waals surface area contributed by atoms with Crippen LogP contribution in [-0.4, -0.2) is 75.5 Å². The highest BCUT2D eigenvalue weighted by Crippen LogP contribution is 2.39. The minimum atomic E-state index is -0.257. The number of nitrogens with zero attached hydrogens (tertiary/aromatic N) is 1. The molecule has 2 aromatic rings. The largest absolute Gasteiger partial charge is 0.493 e. The zero-order valence-corrected chi connectivity index (χ0v) is 33.2.